The molecule has 1 heterocycles. The maximum absolute atomic E-state index is 12.2. The Hall–Kier alpha value is -2.47. The molecule has 3 nitrogen and oxygen atoms in total. The molecular weight excluding hydrogens is 355 g/mol. The van der Waals surface area contributed by atoms with Crippen LogP contribution in [0.4, 0.5) is 13.2 Å². The zero-order chi connectivity index (χ0) is 18.2. The number of carbonyl (C=O) groups is 1. The zero-order valence-electron chi connectivity index (χ0n) is 13.1. The molecule has 0 atom stereocenters. The average Bonchev–Trinajstić information content (AvgIpc) is 2.85. The molecule has 7 heteroatoms. The van der Waals surface area contributed by atoms with Crippen LogP contribution < -0.4 is 4.74 Å². The normalized spacial score (nSPS) is 11.7. The first-order valence-electron chi connectivity index (χ1n) is 7.35. The third kappa shape index (κ3) is 3.79. The van der Waals surface area contributed by atoms with Crippen LogP contribution in [0.15, 0.2) is 42.6 Å². The SMILES string of the molecule is Cc1cc(Cl)cc2cn(Cc3ccc(OC(F)(F)F)cc3)c(C=O)c12. The Labute approximate surface area is 146 Å². The molecular formula is C18H13ClF3NO2. The summed E-state index contributed by atoms with van der Waals surface area (Å²) in [5.74, 6) is -0.285. The van der Waals surface area contributed by atoms with Gasteiger partial charge in [0, 0.05) is 28.5 Å². The number of aromatic nitrogens is 1. The van der Waals surface area contributed by atoms with Gasteiger partial charge in [-0.1, -0.05) is 23.7 Å². The Balaban J connectivity index is 1.93. The number of halogens is 4. The molecule has 0 saturated heterocycles. The standard InChI is InChI=1S/C18H13ClF3NO2/c1-11-6-14(19)7-13-9-23(16(10-24)17(11)13)8-12-2-4-15(5-3-12)25-18(20,21)22/h2-7,9-10H,8H2,1H3. The van der Waals surface area contributed by atoms with E-state index in [0.29, 0.717) is 17.3 Å². The number of rotatable bonds is 4. The number of nitrogens with zero attached hydrogens (tertiary/aromatic N) is 1. The minimum absolute atomic E-state index is 0.285. The van der Waals surface area contributed by atoms with Crippen LogP contribution >= 0.6 is 11.6 Å². The molecule has 130 valence electrons. The molecule has 0 radical (unpaired) electrons. The number of hydrogen-bond acceptors (Lipinski definition) is 2. The molecule has 25 heavy (non-hydrogen) atoms. The van der Waals surface area contributed by atoms with Crippen LogP contribution in [0.3, 0.4) is 0 Å². The van der Waals surface area contributed by atoms with Crippen molar-refractivity contribution in [1.29, 1.82) is 0 Å². The molecule has 0 N–H and O–H groups in total. The lowest BCUT2D eigenvalue weighted by Crippen LogP contribution is -2.17. The fourth-order valence-electron chi connectivity index (χ4n) is 2.85. The topological polar surface area (TPSA) is 31.2 Å². The van der Waals surface area contributed by atoms with Crippen molar-refractivity contribution >= 4 is 28.7 Å². The summed E-state index contributed by atoms with van der Waals surface area (Å²) in [7, 11) is 0. The van der Waals surface area contributed by atoms with E-state index in [0.717, 1.165) is 28.2 Å². The number of benzene rings is 2. The molecule has 0 saturated carbocycles. The van der Waals surface area contributed by atoms with Gasteiger partial charge in [-0.3, -0.25) is 4.79 Å². The van der Waals surface area contributed by atoms with Gasteiger partial charge < -0.3 is 9.30 Å². The number of aldehydes is 1. The summed E-state index contributed by atoms with van der Waals surface area (Å²) in [5.41, 5.74) is 2.12. The Morgan fingerprint density at radius 3 is 2.48 bits per heavy atom. The summed E-state index contributed by atoms with van der Waals surface area (Å²) in [6.45, 7) is 2.21. The number of alkyl halides is 3. The Morgan fingerprint density at radius 2 is 1.88 bits per heavy atom. The van der Waals surface area contributed by atoms with Crippen LogP contribution in [-0.4, -0.2) is 17.2 Å². The fourth-order valence-corrected chi connectivity index (χ4v) is 3.13. The van der Waals surface area contributed by atoms with E-state index in [1.807, 2.05) is 6.92 Å². The quantitative estimate of drug-likeness (QED) is 0.581. The zero-order valence-corrected chi connectivity index (χ0v) is 13.9. The molecule has 0 bridgehead atoms. The third-order valence-electron chi connectivity index (χ3n) is 3.81. The highest BCUT2D eigenvalue weighted by Gasteiger charge is 2.30. The van der Waals surface area contributed by atoms with Crippen LogP contribution in [0.5, 0.6) is 5.75 Å². The second kappa shape index (κ2) is 6.44. The summed E-state index contributed by atoms with van der Waals surface area (Å²) in [6.07, 6.45) is -2.15. The number of aryl methyl sites for hydroxylation is 1. The first-order chi connectivity index (χ1) is 11.8. The Morgan fingerprint density at radius 1 is 1.20 bits per heavy atom. The van der Waals surface area contributed by atoms with Crippen LogP contribution in [0, 0.1) is 6.92 Å². The Kier molecular flexibility index (Phi) is 4.47. The van der Waals surface area contributed by atoms with Crippen LogP contribution in [0.1, 0.15) is 21.6 Å². The molecule has 0 amide bonds. The molecule has 0 fully saturated rings. The molecule has 0 aliphatic carbocycles. The molecule has 1 aromatic heterocycles. The molecule has 0 aliphatic rings. The van der Waals surface area contributed by atoms with Crippen molar-refractivity contribution in [2.45, 2.75) is 19.8 Å². The maximum Gasteiger partial charge on any atom is 0.573 e. The van der Waals surface area contributed by atoms with Crippen molar-refractivity contribution in [1.82, 2.24) is 4.57 Å². The summed E-state index contributed by atoms with van der Waals surface area (Å²) in [4.78, 5) is 11.5. The molecule has 0 spiro atoms. The van der Waals surface area contributed by atoms with Crippen molar-refractivity contribution in [3.63, 3.8) is 0 Å². The fraction of sp³-hybridized carbons (Fsp3) is 0.167. The lowest BCUT2D eigenvalue weighted by molar-refractivity contribution is -0.274. The highest BCUT2D eigenvalue weighted by molar-refractivity contribution is 6.31. The maximum atomic E-state index is 12.2. The van der Waals surface area contributed by atoms with Crippen LogP contribution in [-0.2, 0) is 6.54 Å². The smallest absolute Gasteiger partial charge is 0.406 e. The minimum Gasteiger partial charge on any atom is -0.406 e. The van der Waals surface area contributed by atoms with Crippen molar-refractivity contribution in [3.8, 4) is 5.75 Å². The van der Waals surface area contributed by atoms with E-state index in [2.05, 4.69) is 4.74 Å². The van der Waals surface area contributed by atoms with E-state index in [1.165, 1.54) is 24.3 Å². The van der Waals surface area contributed by atoms with Gasteiger partial charge in [0.1, 0.15) is 5.75 Å². The van der Waals surface area contributed by atoms with Crippen molar-refractivity contribution in [2.75, 3.05) is 0 Å². The first-order valence-corrected chi connectivity index (χ1v) is 7.73. The van der Waals surface area contributed by atoms with Crippen LogP contribution in [0.2, 0.25) is 5.02 Å². The van der Waals surface area contributed by atoms with E-state index >= 15 is 0 Å². The van der Waals surface area contributed by atoms with Gasteiger partial charge >= 0.3 is 6.36 Å². The summed E-state index contributed by atoms with van der Waals surface area (Å²) < 4.78 is 42.2. The minimum atomic E-state index is -4.72. The Bertz CT molecular complexity index is 930. The number of hydrogen-bond donors (Lipinski definition) is 0. The predicted molar refractivity (Wildman–Crippen MR) is 89.3 cm³/mol. The molecule has 0 unspecified atom stereocenters. The van der Waals surface area contributed by atoms with Crippen LogP contribution in [0.25, 0.3) is 10.8 Å². The van der Waals surface area contributed by atoms with E-state index in [-0.39, 0.29) is 5.75 Å². The predicted octanol–water partition coefficient (Wildman–Crippen LogP) is 5.36. The number of ether oxygens (including phenoxy) is 1. The van der Waals surface area contributed by atoms with Gasteiger partial charge in [0.05, 0.1) is 5.69 Å². The largest absolute Gasteiger partial charge is 0.573 e. The average molecular weight is 368 g/mol. The monoisotopic (exact) mass is 367 g/mol. The lowest BCUT2D eigenvalue weighted by Gasteiger charge is -2.10. The van der Waals surface area contributed by atoms with E-state index < -0.39 is 6.36 Å². The lowest BCUT2D eigenvalue weighted by atomic mass is 10.1. The van der Waals surface area contributed by atoms with Gasteiger partial charge in [0.2, 0.25) is 0 Å². The van der Waals surface area contributed by atoms with Gasteiger partial charge in [-0.2, -0.15) is 0 Å². The van der Waals surface area contributed by atoms with Gasteiger partial charge in [-0.15, -0.1) is 13.2 Å². The van der Waals surface area contributed by atoms with Gasteiger partial charge in [-0.25, -0.2) is 0 Å². The first kappa shape index (κ1) is 17.4. The summed E-state index contributed by atoms with van der Waals surface area (Å²) >= 11 is 6.06. The van der Waals surface area contributed by atoms with Gasteiger partial charge in [-0.05, 0) is 42.3 Å². The molecule has 3 aromatic rings. The number of fused-ring (bicyclic) bond motifs is 1. The molecule has 3 rings (SSSR count). The highest BCUT2D eigenvalue weighted by Crippen LogP contribution is 2.29. The molecule has 2 aromatic carbocycles. The van der Waals surface area contributed by atoms with E-state index in [1.54, 1.807) is 22.9 Å². The summed E-state index contributed by atoms with van der Waals surface area (Å²) in [5, 5.41) is 2.23. The van der Waals surface area contributed by atoms with E-state index in [9.17, 15) is 18.0 Å². The second-order valence-electron chi connectivity index (χ2n) is 5.64. The van der Waals surface area contributed by atoms with Crippen molar-refractivity contribution < 1.29 is 22.7 Å². The highest BCUT2D eigenvalue weighted by atomic mass is 35.5. The summed E-state index contributed by atoms with van der Waals surface area (Å²) in [6, 6.07) is 9.10. The third-order valence-corrected chi connectivity index (χ3v) is 4.03. The van der Waals surface area contributed by atoms with E-state index in [4.69, 9.17) is 11.6 Å². The van der Waals surface area contributed by atoms with Crippen molar-refractivity contribution in [2.24, 2.45) is 0 Å². The second-order valence-corrected chi connectivity index (χ2v) is 6.08. The van der Waals surface area contributed by atoms with Crippen molar-refractivity contribution in [3.05, 3.63) is 64.4 Å². The number of carbonyl (C=O) groups excluding carboxylic acids is 1. The molecule has 0 aliphatic heterocycles. The van der Waals surface area contributed by atoms with Gasteiger partial charge in [0.25, 0.3) is 0 Å². The van der Waals surface area contributed by atoms with Gasteiger partial charge in [0.15, 0.2) is 6.29 Å².